The lowest BCUT2D eigenvalue weighted by Gasteiger charge is -2.00. The van der Waals surface area contributed by atoms with Gasteiger partial charge in [-0.15, -0.1) is 11.3 Å². The van der Waals surface area contributed by atoms with Gasteiger partial charge in [0.1, 0.15) is 0 Å². The van der Waals surface area contributed by atoms with Gasteiger partial charge in [-0.05, 0) is 29.1 Å². The van der Waals surface area contributed by atoms with Crippen molar-refractivity contribution < 1.29 is 4.79 Å². The largest absolute Gasteiger partial charge is 0.276 e. The van der Waals surface area contributed by atoms with E-state index in [0.717, 1.165) is 10.4 Å². The predicted octanol–water partition coefficient (Wildman–Crippen LogP) is 3.56. The second kappa shape index (κ2) is 6.55. The van der Waals surface area contributed by atoms with E-state index in [1.807, 2.05) is 29.6 Å². The van der Waals surface area contributed by atoms with Gasteiger partial charge in [-0.2, -0.15) is 10.2 Å². The Morgan fingerprint density at radius 3 is 3.05 bits per heavy atom. The summed E-state index contributed by atoms with van der Waals surface area (Å²) in [5.41, 5.74) is 4.43. The molecule has 0 bridgehead atoms. The summed E-state index contributed by atoms with van der Waals surface area (Å²) in [4.78, 5) is 13.1. The second-order valence-corrected chi connectivity index (χ2v) is 5.77. The predicted molar refractivity (Wildman–Crippen MR) is 88.4 cm³/mol. The molecule has 2 aromatic heterocycles. The Labute approximate surface area is 135 Å². The lowest BCUT2D eigenvalue weighted by atomic mass is 10.2. The fourth-order valence-corrected chi connectivity index (χ4v) is 2.81. The van der Waals surface area contributed by atoms with Crippen LogP contribution < -0.4 is 5.43 Å². The third-order valence-electron chi connectivity index (χ3n) is 2.88. The number of amides is 1. The Morgan fingerprint density at radius 2 is 2.27 bits per heavy atom. The van der Waals surface area contributed by atoms with Gasteiger partial charge in [0.15, 0.2) is 0 Å². The molecule has 0 unspecified atom stereocenters. The Bertz CT molecular complexity index is 811. The Kier molecular flexibility index (Phi) is 4.32. The van der Waals surface area contributed by atoms with Crippen LogP contribution >= 0.6 is 22.9 Å². The summed E-state index contributed by atoms with van der Waals surface area (Å²) in [7, 11) is 0. The lowest BCUT2D eigenvalue weighted by molar-refractivity contribution is 0.0956. The van der Waals surface area contributed by atoms with E-state index in [-0.39, 0.29) is 5.91 Å². The van der Waals surface area contributed by atoms with Crippen molar-refractivity contribution >= 4 is 35.1 Å². The summed E-state index contributed by atoms with van der Waals surface area (Å²) >= 11 is 7.42. The molecule has 3 rings (SSSR count). The van der Waals surface area contributed by atoms with E-state index in [1.165, 1.54) is 23.7 Å². The molecule has 2 N–H and O–H groups in total. The summed E-state index contributed by atoms with van der Waals surface area (Å²) in [6.07, 6.45) is 3.02. The second-order valence-electron chi connectivity index (χ2n) is 4.39. The molecule has 0 saturated carbocycles. The highest BCUT2D eigenvalue weighted by Gasteiger charge is 2.15. The van der Waals surface area contributed by atoms with E-state index in [1.54, 1.807) is 12.1 Å². The third kappa shape index (κ3) is 3.24. The van der Waals surface area contributed by atoms with E-state index in [2.05, 4.69) is 20.7 Å². The van der Waals surface area contributed by atoms with Crippen LogP contribution in [0, 0.1) is 0 Å². The van der Waals surface area contributed by atoms with Gasteiger partial charge in [0.25, 0.3) is 5.91 Å². The van der Waals surface area contributed by atoms with E-state index in [9.17, 15) is 4.79 Å². The maximum absolute atomic E-state index is 12.2. The van der Waals surface area contributed by atoms with Crippen LogP contribution in [0.2, 0.25) is 5.02 Å². The average molecular weight is 331 g/mol. The SMILES string of the molecule is O=C(NN=Cc1cccc(Cl)c1)c1cn[nH]c1-c1cccs1. The Morgan fingerprint density at radius 1 is 1.36 bits per heavy atom. The number of hydrogen-bond acceptors (Lipinski definition) is 4. The van der Waals surface area contributed by atoms with E-state index in [0.29, 0.717) is 16.3 Å². The first-order valence-corrected chi connectivity index (χ1v) is 7.66. The Hall–Kier alpha value is -2.44. The number of hydrazone groups is 1. The first-order valence-electron chi connectivity index (χ1n) is 6.40. The van der Waals surface area contributed by atoms with Gasteiger partial charge in [-0.25, -0.2) is 5.43 Å². The molecule has 1 amide bonds. The maximum Gasteiger partial charge on any atom is 0.275 e. The molecule has 7 heteroatoms. The van der Waals surface area contributed by atoms with Crippen LogP contribution in [0.1, 0.15) is 15.9 Å². The molecular formula is C15H11ClN4OS. The van der Waals surface area contributed by atoms with Gasteiger partial charge >= 0.3 is 0 Å². The van der Waals surface area contributed by atoms with Crippen LogP contribution in [-0.2, 0) is 0 Å². The molecule has 0 aliphatic heterocycles. The smallest absolute Gasteiger partial charge is 0.275 e. The summed E-state index contributed by atoms with van der Waals surface area (Å²) in [5, 5.41) is 13.3. The zero-order chi connectivity index (χ0) is 15.4. The van der Waals surface area contributed by atoms with E-state index < -0.39 is 0 Å². The number of H-pyrrole nitrogens is 1. The number of rotatable bonds is 4. The van der Waals surface area contributed by atoms with Crippen LogP contribution in [0.4, 0.5) is 0 Å². The minimum absolute atomic E-state index is 0.324. The quantitative estimate of drug-likeness (QED) is 0.567. The van der Waals surface area contributed by atoms with Gasteiger partial charge in [-0.3, -0.25) is 9.89 Å². The minimum Gasteiger partial charge on any atom is -0.276 e. The van der Waals surface area contributed by atoms with E-state index >= 15 is 0 Å². The summed E-state index contributed by atoms with van der Waals surface area (Å²) < 4.78 is 0. The number of aromatic nitrogens is 2. The molecule has 2 heterocycles. The molecular weight excluding hydrogens is 320 g/mol. The number of hydrogen-bond donors (Lipinski definition) is 2. The monoisotopic (exact) mass is 330 g/mol. The van der Waals surface area contributed by atoms with Crippen molar-refractivity contribution in [2.75, 3.05) is 0 Å². The summed E-state index contributed by atoms with van der Waals surface area (Å²) in [6, 6.07) is 11.0. The van der Waals surface area contributed by atoms with Crippen molar-refractivity contribution in [3.8, 4) is 10.6 Å². The number of nitrogens with one attached hydrogen (secondary N) is 2. The number of thiophene rings is 1. The zero-order valence-corrected chi connectivity index (χ0v) is 12.9. The van der Waals surface area contributed by atoms with Crippen molar-refractivity contribution in [2.24, 2.45) is 5.10 Å². The zero-order valence-electron chi connectivity index (χ0n) is 11.3. The number of nitrogens with zero attached hydrogens (tertiary/aromatic N) is 2. The third-order valence-corrected chi connectivity index (χ3v) is 4.00. The van der Waals surface area contributed by atoms with E-state index in [4.69, 9.17) is 11.6 Å². The summed E-state index contributed by atoms with van der Waals surface area (Å²) in [5.74, 6) is -0.324. The summed E-state index contributed by atoms with van der Waals surface area (Å²) in [6.45, 7) is 0. The molecule has 0 aliphatic carbocycles. The van der Waals surface area contributed by atoms with Crippen molar-refractivity contribution in [1.82, 2.24) is 15.6 Å². The highest BCUT2D eigenvalue weighted by molar-refractivity contribution is 7.13. The van der Waals surface area contributed by atoms with Crippen LogP contribution in [-0.4, -0.2) is 22.3 Å². The van der Waals surface area contributed by atoms with Crippen LogP contribution in [0.15, 0.2) is 53.1 Å². The maximum atomic E-state index is 12.2. The molecule has 0 fully saturated rings. The fourth-order valence-electron chi connectivity index (χ4n) is 1.88. The lowest BCUT2D eigenvalue weighted by Crippen LogP contribution is -2.17. The van der Waals surface area contributed by atoms with Gasteiger partial charge in [0.05, 0.1) is 28.5 Å². The number of halogens is 1. The van der Waals surface area contributed by atoms with Crippen LogP contribution in [0.5, 0.6) is 0 Å². The standard InChI is InChI=1S/C15H11ClN4OS/c16-11-4-1-3-10(7-11)8-17-20-15(21)12-9-18-19-14(12)13-5-2-6-22-13/h1-9H,(H,18,19)(H,20,21). The Balaban J connectivity index is 1.72. The van der Waals surface area contributed by atoms with Gasteiger partial charge in [0.2, 0.25) is 0 Å². The van der Waals surface area contributed by atoms with Crippen molar-refractivity contribution in [3.63, 3.8) is 0 Å². The molecule has 0 aliphatic rings. The molecule has 110 valence electrons. The highest BCUT2D eigenvalue weighted by atomic mass is 35.5. The van der Waals surface area contributed by atoms with Crippen molar-refractivity contribution in [1.29, 1.82) is 0 Å². The number of benzene rings is 1. The average Bonchev–Trinajstić information content (AvgIpc) is 3.18. The first-order chi connectivity index (χ1) is 10.7. The molecule has 3 aromatic rings. The first kappa shape index (κ1) is 14.5. The number of aromatic amines is 1. The molecule has 22 heavy (non-hydrogen) atoms. The topological polar surface area (TPSA) is 70.1 Å². The van der Waals surface area contributed by atoms with Crippen molar-refractivity contribution in [3.05, 3.63) is 64.1 Å². The highest BCUT2D eigenvalue weighted by Crippen LogP contribution is 2.25. The molecule has 5 nitrogen and oxygen atoms in total. The molecule has 0 spiro atoms. The minimum atomic E-state index is -0.324. The van der Waals surface area contributed by atoms with Gasteiger partial charge in [-0.1, -0.05) is 29.8 Å². The van der Waals surface area contributed by atoms with Crippen LogP contribution in [0.3, 0.4) is 0 Å². The normalized spacial score (nSPS) is 11.0. The van der Waals surface area contributed by atoms with Crippen molar-refractivity contribution in [2.45, 2.75) is 0 Å². The fraction of sp³-hybridized carbons (Fsp3) is 0. The number of carbonyl (C=O) groups excluding carboxylic acids is 1. The molecule has 0 atom stereocenters. The molecule has 1 aromatic carbocycles. The van der Waals surface area contributed by atoms with Crippen LogP contribution in [0.25, 0.3) is 10.6 Å². The molecule has 0 saturated heterocycles. The number of carbonyl (C=O) groups is 1. The van der Waals surface area contributed by atoms with Gasteiger partial charge < -0.3 is 0 Å². The van der Waals surface area contributed by atoms with Gasteiger partial charge in [0, 0.05) is 5.02 Å². The molecule has 0 radical (unpaired) electrons.